The molecule has 78 heavy (non-hydrogen) atoms. The normalized spacial score (nSPS) is 47.6. The van der Waals surface area contributed by atoms with Crippen LogP contribution in [0.1, 0.15) is 113 Å². The Labute approximate surface area is 451 Å². The number of allylic oxidation sites excluding steroid dienone is 2. The van der Waals surface area contributed by atoms with Crippen molar-refractivity contribution in [1.82, 2.24) is 0 Å². The van der Waals surface area contributed by atoms with Crippen molar-refractivity contribution in [2.24, 2.45) is 50.2 Å². The van der Waals surface area contributed by atoms with Gasteiger partial charge in [-0.05, 0) is 109 Å². The Kier molecular flexibility index (Phi) is 17.4. The number of carbonyl (C=O) groups excluding carboxylic acids is 1. The minimum Gasteiger partial charge on any atom is -0.480 e. The van der Waals surface area contributed by atoms with Gasteiger partial charge in [0, 0.05) is 0 Å². The fourth-order valence-electron chi connectivity index (χ4n) is 15.8. The number of carboxylic acids is 3. The van der Waals surface area contributed by atoms with Gasteiger partial charge < -0.3 is 104 Å². The first kappa shape index (κ1) is 61.0. The Morgan fingerprint density at radius 2 is 1.27 bits per heavy atom. The zero-order chi connectivity index (χ0) is 57.6. The second-order valence-corrected chi connectivity index (χ2v) is 25.5. The molecule has 8 rings (SSSR count). The van der Waals surface area contributed by atoms with Crippen molar-refractivity contribution in [3.8, 4) is 0 Å². The average Bonchev–Trinajstić information content (AvgIpc) is 3.35. The monoisotopic (exact) mass is 1120 g/mol. The number of fused-ring (bicyclic) bond motifs is 7. The molecule has 25 heteroatoms. The SMILES string of the molecule is CC1(C)CC[C@]2(C(=O)O[C@@H]3O[C@H](CO)[C@@H](O)[C@H](O)[C@H]3O)CC[C@]3(C)C(=CC[C@@H]4[C@@]5(C)CC[C@H](O[C@@H]6O[C@H](C(=O)O)[C@@H](O)[C@H](OC(OCC(=O)O)C(O)C(=O)O)[C@H]6O[C@@H]6O[C@H](CO)[C@@H](O)[C@H](O)[C@H]6O)C(C)(C)[C@@H]5CC[C@]43C)[C@@H]2C1. The van der Waals surface area contributed by atoms with E-state index in [1.54, 1.807) is 0 Å². The van der Waals surface area contributed by atoms with Gasteiger partial charge in [0.25, 0.3) is 0 Å². The molecule has 5 aliphatic carbocycles. The van der Waals surface area contributed by atoms with Gasteiger partial charge in [-0.3, -0.25) is 4.79 Å². The average molecular weight is 1120 g/mol. The van der Waals surface area contributed by atoms with Crippen molar-refractivity contribution in [2.75, 3.05) is 19.8 Å². The highest BCUT2D eigenvalue weighted by molar-refractivity contribution is 5.79. The molecule has 444 valence electrons. The van der Waals surface area contributed by atoms with Crippen LogP contribution >= 0.6 is 0 Å². The molecule has 3 heterocycles. The van der Waals surface area contributed by atoms with Gasteiger partial charge in [-0.2, -0.15) is 0 Å². The second-order valence-electron chi connectivity index (χ2n) is 25.5. The Morgan fingerprint density at radius 3 is 1.86 bits per heavy atom. The van der Waals surface area contributed by atoms with Crippen molar-refractivity contribution in [1.29, 1.82) is 0 Å². The van der Waals surface area contributed by atoms with Crippen molar-refractivity contribution in [3.05, 3.63) is 11.6 Å². The van der Waals surface area contributed by atoms with E-state index in [0.29, 0.717) is 51.4 Å². The highest BCUT2D eigenvalue weighted by Gasteiger charge is 2.70. The van der Waals surface area contributed by atoms with E-state index in [0.717, 1.165) is 12.8 Å². The first-order chi connectivity index (χ1) is 36.3. The van der Waals surface area contributed by atoms with Crippen LogP contribution in [-0.2, 0) is 57.1 Å². The number of esters is 1. The molecule has 13 N–H and O–H groups in total. The Hall–Kier alpha value is -3.06. The smallest absolute Gasteiger partial charge is 0.337 e. The lowest BCUT2D eigenvalue weighted by atomic mass is 9.33. The van der Waals surface area contributed by atoms with Crippen molar-refractivity contribution in [2.45, 2.75) is 223 Å². The lowest BCUT2D eigenvalue weighted by Gasteiger charge is -2.71. The molecule has 0 aromatic heterocycles. The summed E-state index contributed by atoms with van der Waals surface area (Å²) < 4.78 is 47.0. The fraction of sp³-hybridized carbons (Fsp3) is 0.887. The number of aliphatic carboxylic acids is 3. The molecule has 0 spiro atoms. The first-order valence-corrected chi connectivity index (χ1v) is 27.1. The van der Waals surface area contributed by atoms with Gasteiger partial charge in [-0.25, -0.2) is 14.4 Å². The van der Waals surface area contributed by atoms with E-state index in [1.165, 1.54) is 5.57 Å². The molecule has 7 fully saturated rings. The van der Waals surface area contributed by atoms with Crippen LogP contribution in [0.25, 0.3) is 0 Å². The van der Waals surface area contributed by atoms with Gasteiger partial charge in [0.1, 0.15) is 73.8 Å². The maximum atomic E-state index is 14.8. The van der Waals surface area contributed by atoms with E-state index >= 15 is 0 Å². The van der Waals surface area contributed by atoms with E-state index in [4.69, 9.17) is 37.9 Å². The molecular weight excluding hydrogens is 1040 g/mol. The Balaban J connectivity index is 1.09. The lowest BCUT2D eigenvalue weighted by molar-refractivity contribution is -0.387. The van der Waals surface area contributed by atoms with Crippen LogP contribution in [0.15, 0.2) is 11.6 Å². The summed E-state index contributed by atoms with van der Waals surface area (Å²) in [5.41, 5.74) is -1.80. The van der Waals surface area contributed by atoms with E-state index in [-0.39, 0.29) is 34.0 Å². The molecule has 3 aliphatic heterocycles. The molecular formula is C53H82O25. The van der Waals surface area contributed by atoms with Crippen LogP contribution < -0.4 is 0 Å². The molecule has 8 aliphatic rings. The molecule has 0 amide bonds. The van der Waals surface area contributed by atoms with Gasteiger partial charge in [-0.15, -0.1) is 0 Å². The highest BCUT2D eigenvalue weighted by atomic mass is 16.8. The third kappa shape index (κ3) is 10.4. The van der Waals surface area contributed by atoms with Crippen LogP contribution in [0.5, 0.6) is 0 Å². The highest BCUT2D eigenvalue weighted by Crippen LogP contribution is 2.76. The van der Waals surface area contributed by atoms with Crippen LogP contribution in [0.2, 0.25) is 0 Å². The molecule has 25 nitrogen and oxygen atoms in total. The number of ether oxygens (including phenoxy) is 8. The van der Waals surface area contributed by atoms with Crippen LogP contribution in [0, 0.1) is 50.2 Å². The zero-order valence-electron chi connectivity index (χ0n) is 45.1. The van der Waals surface area contributed by atoms with E-state index in [1.807, 2.05) is 13.8 Å². The number of aliphatic hydroxyl groups excluding tert-OH is 10. The van der Waals surface area contributed by atoms with Gasteiger partial charge in [-0.1, -0.05) is 60.1 Å². The predicted octanol–water partition coefficient (Wildman–Crippen LogP) is -0.870. The third-order valence-corrected chi connectivity index (χ3v) is 20.4. The minimum absolute atomic E-state index is 0.0778. The van der Waals surface area contributed by atoms with Gasteiger partial charge in [0.2, 0.25) is 12.4 Å². The Morgan fingerprint density at radius 1 is 0.667 bits per heavy atom. The number of carboxylic acid groups (broad SMARTS) is 3. The van der Waals surface area contributed by atoms with E-state index < -0.39 is 171 Å². The molecule has 0 aromatic carbocycles. The summed E-state index contributed by atoms with van der Waals surface area (Å²) >= 11 is 0. The molecule has 0 aromatic rings. The van der Waals surface area contributed by atoms with E-state index in [2.05, 4.69) is 40.7 Å². The number of hydrogen-bond acceptors (Lipinski definition) is 22. The van der Waals surface area contributed by atoms with E-state index in [9.17, 15) is 85.6 Å². The topological polar surface area (TPSA) is 405 Å². The largest absolute Gasteiger partial charge is 0.480 e. The summed E-state index contributed by atoms with van der Waals surface area (Å²) in [6, 6.07) is 0. The molecule has 25 atom stereocenters. The summed E-state index contributed by atoms with van der Waals surface area (Å²) in [5, 5.41) is 136. The minimum atomic E-state index is -2.62. The summed E-state index contributed by atoms with van der Waals surface area (Å²) in [7, 11) is 0. The van der Waals surface area contributed by atoms with Gasteiger partial charge >= 0.3 is 23.9 Å². The van der Waals surface area contributed by atoms with Crippen LogP contribution in [0.4, 0.5) is 0 Å². The second kappa shape index (κ2) is 22.3. The molecule has 0 bridgehead atoms. The maximum Gasteiger partial charge on any atom is 0.337 e. The van der Waals surface area contributed by atoms with Crippen LogP contribution in [-0.4, -0.2) is 221 Å². The number of aliphatic hydroxyl groups is 10. The molecule has 4 saturated carbocycles. The molecule has 3 saturated heterocycles. The summed E-state index contributed by atoms with van der Waals surface area (Å²) in [6.45, 7) is 12.5. The third-order valence-electron chi connectivity index (χ3n) is 20.4. The van der Waals surface area contributed by atoms with Crippen molar-refractivity contribution in [3.63, 3.8) is 0 Å². The quantitative estimate of drug-likeness (QED) is 0.0387. The standard InChI is InChI=1S/C53H82O25/c1-48(2)14-16-53(47(70)78-45-35(63)33(61)31(59)25(20-55)73-45)17-15-51(6)22(23(53)18-48)8-9-27-50(5)12-11-28(49(3,4)26(50)10-13-52(27,51)7)74-46-40(77-44-34(62)32(60)30(58)24(19-54)72-44)38(36(64)39(76-46)42(68)69)75-43(37(65)41(66)67)71-21-29(56)57/h8,23-28,30-40,43-46,54-55,58-65H,9-21H2,1-7H3,(H,56,57)(H,66,67)(H,68,69)/t23-,24+,25+,26-,27+,28-,30+,31+,32-,33-,34+,35+,36-,37?,38-,39-,40+,43?,44-,45-,46+,50-,51+,52+,53-/m0/s1. The molecule has 0 radical (unpaired) electrons. The Bertz CT molecular complexity index is 2240. The first-order valence-electron chi connectivity index (χ1n) is 27.1. The predicted molar refractivity (Wildman–Crippen MR) is 261 cm³/mol. The van der Waals surface area contributed by atoms with Gasteiger partial charge in [0.15, 0.2) is 25.0 Å². The summed E-state index contributed by atoms with van der Waals surface area (Å²) in [5.74, 6) is -6.13. The van der Waals surface area contributed by atoms with Gasteiger partial charge in [0.05, 0.1) is 24.7 Å². The van der Waals surface area contributed by atoms with Crippen molar-refractivity contribution < 1.29 is 123 Å². The summed E-state index contributed by atoms with van der Waals surface area (Å²) in [4.78, 5) is 51.2. The maximum absolute atomic E-state index is 14.8. The fourth-order valence-corrected chi connectivity index (χ4v) is 15.8. The van der Waals surface area contributed by atoms with Crippen LogP contribution in [0.3, 0.4) is 0 Å². The number of hydrogen-bond donors (Lipinski definition) is 13. The molecule has 2 unspecified atom stereocenters. The van der Waals surface area contributed by atoms with Crippen molar-refractivity contribution >= 4 is 23.9 Å². The number of carbonyl (C=O) groups is 4. The lowest BCUT2D eigenvalue weighted by Crippen LogP contribution is -2.68. The summed E-state index contributed by atoms with van der Waals surface area (Å²) in [6.07, 6.45) is -25.4. The zero-order valence-corrected chi connectivity index (χ0v) is 45.1. The number of rotatable bonds is 16.